The van der Waals surface area contributed by atoms with Gasteiger partial charge in [-0.25, -0.2) is 4.79 Å². The van der Waals surface area contributed by atoms with Crippen LogP contribution in [0.3, 0.4) is 0 Å². The van der Waals surface area contributed by atoms with Crippen LogP contribution in [0.4, 0.5) is 4.79 Å². The lowest BCUT2D eigenvalue weighted by Gasteiger charge is -2.34. The van der Waals surface area contributed by atoms with Gasteiger partial charge in [-0.15, -0.1) is 0 Å². The molecule has 2 amide bonds. The Labute approximate surface area is 102 Å². The predicted molar refractivity (Wildman–Crippen MR) is 64.9 cm³/mol. The van der Waals surface area contributed by atoms with Gasteiger partial charge >= 0.3 is 12.0 Å². The highest BCUT2D eigenvalue weighted by Crippen LogP contribution is 2.27. The SMILES string of the molecule is CCN(CC(=O)O)C(=O)N(CC)CC1CCC1. The molecule has 0 radical (unpaired) electrons. The monoisotopic (exact) mass is 242 g/mol. The van der Waals surface area contributed by atoms with E-state index in [4.69, 9.17) is 5.11 Å². The number of carbonyl (C=O) groups is 2. The first-order valence-electron chi connectivity index (χ1n) is 6.34. The molecule has 0 bridgehead atoms. The van der Waals surface area contributed by atoms with Gasteiger partial charge in [0.15, 0.2) is 0 Å². The standard InChI is InChI=1S/C12H22N2O3/c1-3-13(8-10-6-5-7-10)12(17)14(4-2)9-11(15)16/h10H,3-9H2,1-2H3,(H,15,16). The lowest BCUT2D eigenvalue weighted by Crippen LogP contribution is -2.47. The fourth-order valence-electron chi connectivity index (χ4n) is 2.01. The summed E-state index contributed by atoms with van der Waals surface area (Å²) in [7, 11) is 0. The number of carboxylic acids is 1. The summed E-state index contributed by atoms with van der Waals surface area (Å²) < 4.78 is 0. The molecule has 0 spiro atoms. The maximum Gasteiger partial charge on any atom is 0.323 e. The van der Waals surface area contributed by atoms with E-state index >= 15 is 0 Å². The first kappa shape index (κ1) is 13.8. The number of nitrogens with zero attached hydrogens (tertiary/aromatic N) is 2. The quantitative estimate of drug-likeness (QED) is 0.770. The van der Waals surface area contributed by atoms with E-state index in [9.17, 15) is 9.59 Å². The maximum absolute atomic E-state index is 12.1. The minimum absolute atomic E-state index is 0.149. The molecule has 1 N–H and O–H groups in total. The number of hydrogen-bond donors (Lipinski definition) is 1. The molecule has 5 nitrogen and oxygen atoms in total. The zero-order valence-corrected chi connectivity index (χ0v) is 10.7. The second-order valence-corrected chi connectivity index (χ2v) is 4.53. The third-order valence-electron chi connectivity index (χ3n) is 3.33. The average molecular weight is 242 g/mol. The number of aliphatic carboxylic acids is 1. The van der Waals surface area contributed by atoms with Crippen LogP contribution < -0.4 is 0 Å². The molecule has 17 heavy (non-hydrogen) atoms. The Kier molecular flexibility index (Phi) is 5.25. The van der Waals surface area contributed by atoms with Crippen LogP contribution in [0.25, 0.3) is 0 Å². The second kappa shape index (κ2) is 6.47. The van der Waals surface area contributed by atoms with Crippen molar-refractivity contribution in [1.82, 2.24) is 9.80 Å². The molecule has 0 aromatic rings. The van der Waals surface area contributed by atoms with E-state index in [0.717, 1.165) is 6.54 Å². The van der Waals surface area contributed by atoms with Gasteiger partial charge in [-0.1, -0.05) is 6.42 Å². The van der Waals surface area contributed by atoms with Crippen LogP contribution in [0.5, 0.6) is 0 Å². The fourth-order valence-corrected chi connectivity index (χ4v) is 2.01. The number of carboxylic acid groups (broad SMARTS) is 1. The van der Waals surface area contributed by atoms with Crippen molar-refractivity contribution < 1.29 is 14.7 Å². The number of likely N-dealkylation sites (N-methyl/N-ethyl adjacent to an activating group) is 1. The molecule has 0 aliphatic heterocycles. The van der Waals surface area contributed by atoms with Crippen molar-refractivity contribution in [3.05, 3.63) is 0 Å². The van der Waals surface area contributed by atoms with Gasteiger partial charge in [-0.2, -0.15) is 0 Å². The Bertz CT molecular complexity index is 277. The topological polar surface area (TPSA) is 60.9 Å². The molecule has 1 fully saturated rings. The van der Waals surface area contributed by atoms with Gasteiger partial charge in [0.05, 0.1) is 0 Å². The number of amides is 2. The summed E-state index contributed by atoms with van der Waals surface area (Å²) >= 11 is 0. The van der Waals surface area contributed by atoms with Crippen molar-refractivity contribution in [2.45, 2.75) is 33.1 Å². The van der Waals surface area contributed by atoms with Gasteiger partial charge < -0.3 is 14.9 Å². The third kappa shape index (κ3) is 3.91. The number of rotatable bonds is 6. The van der Waals surface area contributed by atoms with E-state index < -0.39 is 5.97 Å². The van der Waals surface area contributed by atoms with Crippen LogP contribution in [-0.2, 0) is 4.79 Å². The first-order chi connectivity index (χ1) is 8.08. The highest BCUT2D eigenvalue weighted by Gasteiger charge is 2.25. The normalized spacial score (nSPS) is 15.2. The van der Waals surface area contributed by atoms with Gasteiger partial charge in [0, 0.05) is 19.6 Å². The molecule has 0 heterocycles. The average Bonchev–Trinajstić information content (AvgIpc) is 2.23. The van der Waals surface area contributed by atoms with Crippen molar-refractivity contribution in [3.63, 3.8) is 0 Å². The molecule has 0 aromatic carbocycles. The summed E-state index contributed by atoms with van der Waals surface area (Å²) in [6.45, 7) is 5.38. The molecule has 1 saturated carbocycles. The predicted octanol–water partition coefficient (Wildman–Crippen LogP) is 1.63. The molecule has 5 heteroatoms. The van der Waals surface area contributed by atoms with Crippen molar-refractivity contribution in [2.75, 3.05) is 26.2 Å². The summed E-state index contributed by atoms with van der Waals surface area (Å²) in [6, 6.07) is -0.149. The lowest BCUT2D eigenvalue weighted by atomic mass is 9.85. The van der Waals surface area contributed by atoms with Gasteiger partial charge in [-0.05, 0) is 32.6 Å². The Morgan fingerprint density at radius 2 is 1.76 bits per heavy atom. The Balaban J connectivity index is 2.52. The van der Waals surface area contributed by atoms with E-state index in [2.05, 4.69) is 0 Å². The molecule has 0 unspecified atom stereocenters. The minimum atomic E-state index is -0.958. The molecule has 1 rings (SSSR count). The maximum atomic E-state index is 12.1. The smallest absolute Gasteiger partial charge is 0.323 e. The highest BCUT2D eigenvalue weighted by molar-refractivity contribution is 5.80. The summed E-state index contributed by atoms with van der Waals surface area (Å²) in [6.07, 6.45) is 3.63. The summed E-state index contributed by atoms with van der Waals surface area (Å²) in [5, 5.41) is 8.75. The Morgan fingerprint density at radius 3 is 2.12 bits per heavy atom. The Hall–Kier alpha value is -1.26. The van der Waals surface area contributed by atoms with Gasteiger partial charge in [0.1, 0.15) is 6.54 Å². The summed E-state index contributed by atoms with van der Waals surface area (Å²) in [4.78, 5) is 25.9. The third-order valence-corrected chi connectivity index (χ3v) is 3.33. The molecule has 1 aliphatic carbocycles. The van der Waals surface area contributed by atoms with Crippen molar-refractivity contribution in [2.24, 2.45) is 5.92 Å². The second-order valence-electron chi connectivity index (χ2n) is 4.53. The van der Waals surface area contributed by atoms with Gasteiger partial charge in [0.2, 0.25) is 0 Å². The molecular weight excluding hydrogens is 220 g/mol. The largest absolute Gasteiger partial charge is 0.480 e. The lowest BCUT2D eigenvalue weighted by molar-refractivity contribution is -0.137. The molecule has 0 aromatic heterocycles. The van der Waals surface area contributed by atoms with Crippen LogP contribution >= 0.6 is 0 Å². The fraction of sp³-hybridized carbons (Fsp3) is 0.833. The zero-order valence-electron chi connectivity index (χ0n) is 10.7. The molecule has 1 aliphatic rings. The number of urea groups is 1. The summed E-state index contributed by atoms with van der Waals surface area (Å²) in [5.41, 5.74) is 0. The van der Waals surface area contributed by atoms with Crippen molar-refractivity contribution in [3.8, 4) is 0 Å². The Morgan fingerprint density at radius 1 is 1.18 bits per heavy atom. The van der Waals surface area contributed by atoms with E-state index in [0.29, 0.717) is 19.0 Å². The first-order valence-corrected chi connectivity index (χ1v) is 6.34. The van der Waals surface area contributed by atoms with Crippen molar-refractivity contribution in [1.29, 1.82) is 0 Å². The van der Waals surface area contributed by atoms with Crippen LogP contribution in [0.15, 0.2) is 0 Å². The van der Waals surface area contributed by atoms with Gasteiger partial charge in [-0.3, -0.25) is 4.79 Å². The van der Waals surface area contributed by atoms with E-state index in [1.165, 1.54) is 24.2 Å². The molecule has 0 atom stereocenters. The van der Waals surface area contributed by atoms with Crippen LogP contribution in [0, 0.1) is 5.92 Å². The zero-order chi connectivity index (χ0) is 12.8. The van der Waals surface area contributed by atoms with Crippen LogP contribution in [0.2, 0.25) is 0 Å². The van der Waals surface area contributed by atoms with E-state index in [1.807, 2.05) is 6.92 Å². The van der Waals surface area contributed by atoms with Crippen LogP contribution in [-0.4, -0.2) is 53.1 Å². The van der Waals surface area contributed by atoms with E-state index in [-0.39, 0.29) is 12.6 Å². The van der Waals surface area contributed by atoms with Gasteiger partial charge in [0.25, 0.3) is 0 Å². The highest BCUT2D eigenvalue weighted by atomic mass is 16.4. The summed E-state index contributed by atoms with van der Waals surface area (Å²) in [5.74, 6) is -0.345. The van der Waals surface area contributed by atoms with Crippen molar-refractivity contribution >= 4 is 12.0 Å². The van der Waals surface area contributed by atoms with E-state index in [1.54, 1.807) is 11.8 Å². The molecule has 98 valence electrons. The van der Waals surface area contributed by atoms with Crippen LogP contribution in [0.1, 0.15) is 33.1 Å². The molecular formula is C12H22N2O3. The molecule has 0 saturated heterocycles. The number of carbonyl (C=O) groups excluding carboxylic acids is 1. The minimum Gasteiger partial charge on any atom is -0.480 e. The number of hydrogen-bond acceptors (Lipinski definition) is 2.